The quantitative estimate of drug-likeness (QED) is 0.556. The van der Waals surface area contributed by atoms with Crippen molar-refractivity contribution in [3.63, 3.8) is 0 Å². The number of ether oxygens (including phenoxy) is 1. The van der Waals surface area contributed by atoms with Crippen LogP contribution < -0.4 is 5.32 Å². The number of amides is 1. The van der Waals surface area contributed by atoms with Crippen molar-refractivity contribution in [2.75, 3.05) is 20.2 Å². The summed E-state index contributed by atoms with van der Waals surface area (Å²) in [7, 11) is 1.86. The summed E-state index contributed by atoms with van der Waals surface area (Å²) in [5.74, 6) is 0.170. The molecule has 2 aliphatic rings. The van der Waals surface area contributed by atoms with Crippen molar-refractivity contribution in [1.82, 2.24) is 10.2 Å². The second-order valence-corrected chi connectivity index (χ2v) is 3.87. The molecule has 2 rings (SSSR count). The molecule has 1 N–H and O–H groups in total. The monoisotopic (exact) mass is 184 g/mol. The fourth-order valence-electron chi connectivity index (χ4n) is 2.03. The summed E-state index contributed by atoms with van der Waals surface area (Å²) in [6.45, 7) is 3.58. The number of likely N-dealkylation sites (tertiary alicyclic amines) is 1. The molecule has 3 atom stereocenters. The smallest absolute Gasteiger partial charge is 0.242 e. The lowest BCUT2D eigenvalue weighted by atomic mass is 9.95. The minimum atomic E-state index is -0.102. The molecule has 0 aliphatic carbocycles. The fraction of sp³-hybridized carbons (Fsp3) is 0.889. The standard InChI is InChI=1S/C9H16N2O2/c1-6-5-7-8(9(12)11(6)2)10-3-4-13-7/h6-8,10H,3-5H2,1-2H3. The zero-order valence-electron chi connectivity index (χ0n) is 8.12. The molecule has 0 saturated carbocycles. The third kappa shape index (κ3) is 1.44. The van der Waals surface area contributed by atoms with E-state index in [2.05, 4.69) is 12.2 Å². The van der Waals surface area contributed by atoms with Gasteiger partial charge in [-0.25, -0.2) is 0 Å². The van der Waals surface area contributed by atoms with E-state index >= 15 is 0 Å². The minimum absolute atomic E-state index is 0.0902. The predicted octanol–water partition coefficient (Wildman–Crippen LogP) is -0.406. The van der Waals surface area contributed by atoms with Gasteiger partial charge in [0.05, 0.1) is 12.7 Å². The van der Waals surface area contributed by atoms with Crippen LogP contribution in [0.15, 0.2) is 0 Å². The summed E-state index contributed by atoms with van der Waals surface area (Å²) < 4.78 is 5.56. The number of morpholine rings is 1. The van der Waals surface area contributed by atoms with Crippen LogP contribution in [0.4, 0.5) is 0 Å². The molecular weight excluding hydrogens is 168 g/mol. The molecule has 2 heterocycles. The Bertz CT molecular complexity index is 220. The van der Waals surface area contributed by atoms with Gasteiger partial charge in [0.15, 0.2) is 0 Å². The Kier molecular flexibility index (Phi) is 2.26. The Morgan fingerprint density at radius 3 is 3.15 bits per heavy atom. The van der Waals surface area contributed by atoms with Crippen LogP contribution in [0, 0.1) is 0 Å². The molecule has 3 unspecified atom stereocenters. The lowest BCUT2D eigenvalue weighted by Crippen LogP contribution is -2.63. The number of hydrogen-bond acceptors (Lipinski definition) is 3. The molecule has 0 aromatic rings. The van der Waals surface area contributed by atoms with Gasteiger partial charge in [-0.15, -0.1) is 0 Å². The molecule has 13 heavy (non-hydrogen) atoms. The van der Waals surface area contributed by atoms with Crippen LogP contribution in [-0.4, -0.2) is 49.2 Å². The van der Waals surface area contributed by atoms with E-state index in [9.17, 15) is 4.79 Å². The third-order valence-corrected chi connectivity index (χ3v) is 3.02. The summed E-state index contributed by atoms with van der Waals surface area (Å²) in [6, 6.07) is 0.198. The van der Waals surface area contributed by atoms with Crippen molar-refractivity contribution in [2.24, 2.45) is 0 Å². The Morgan fingerprint density at radius 2 is 2.38 bits per heavy atom. The number of hydrogen-bond donors (Lipinski definition) is 1. The Balaban J connectivity index is 2.12. The Labute approximate surface area is 78.2 Å². The van der Waals surface area contributed by atoms with Crippen LogP contribution in [0.2, 0.25) is 0 Å². The first-order chi connectivity index (χ1) is 6.20. The number of nitrogens with zero attached hydrogens (tertiary/aromatic N) is 1. The number of piperidine rings is 1. The topological polar surface area (TPSA) is 41.6 Å². The molecule has 1 amide bonds. The van der Waals surface area contributed by atoms with Crippen LogP contribution in [0.1, 0.15) is 13.3 Å². The van der Waals surface area contributed by atoms with Gasteiger partial charge < -0.3 is 15.0 Å². The molecule has 2 saturated heterocycles. The first kappa shape index (κ1) is 8.97. The summed E-state index contributed by atoms with van der Waals surface area (Å²) in [4.78, 5) is 13.6. The second-order valence-electron chi connectivity index (χ2n) is 3.87. The van der Waals surface area contributed by atoms with Crippen molar-refractivity contribution in [2.45, 2.75) is 31.5 Å². The van der Waals surface area contributed by atoms with Gasteiger partial charge in [-0.1, -0.05) is 0 Å². The van der Waals surface area contributed by atoms with Gasteiger partial charge >= 0.3 is 0 Å². The van der Waals surface area contributed by atoms with E-state index in [1.807, 2.05) is 11.9 Å². The van der Waals surface area contributed by atoms with Gasteiger partial charge in [-0.2, -0.15) is 0 Å². The summed E-state index contributed by atoms with van der Waals surface area (Å²) >= 11 is 0. The average molecular weight is 184 g/mol. The number of rotatable bonds is 0. The van der Waals surface area contributed by atoms with E-state index in [4.69, 9.17) is 4.74 Å². The van der Waals surface area contributed by atoms with Crippen molar-refractivity contribution < 1.29 is 9.53 Å². The van der Waals surface area contributed by atoms with Crippen molar-refractivity contribution in [3.8, 4) is 0 Å². The van der Waals surface area contributed by atoms with Crippen LogP contribution in [0.5, 0.6) is 0 Å². The lowest BCUT2D eigenvalue weighted by Gasteiger charge is -2.42. The number of likely N-dealkylation sites (N-methyl/N-ethyl adjacent to an activating group) is 1. The van der Waals surface area contributed by atoms with Crippen LogP contribution in [-0.2, 0) is 9.53 Å². The molecule has 0 radical (unpaired) electrons. The molecule has 0 aromatic heterocycles. The molecule has 0 bridgehead atoms. The van der Waals surface area contributed by atoms with E-state index in [1.54, 1.807) is 0 Å². The fourth-order valence-corrected chi connectivity index (χ4v) is 2.03. The van der Waals surface area contributed by atoms with Crippen molar-refractivity contribution in [3.05, 3.63) is 0 Å². The maximum atomic E-state index is 11.8. The lowest BCUT2D eigenvalue weighted by molar-refractivity contribution is -0.148. The van der Waals surface area contributed by atoms with Gasteiger partial charge in [0.2, 0.25) is 5.91 Å². The van der Waals surface area contributed by atoms with Gasteiger partial charge in [0.25, 0.3) is 0 Å². The van der Waals surface area contributed by atoms with Crippen molar-refractivity contribution in [1.29, 1.82) is 0 Å². The minimum Gasteiger partial charge on any atom is -0.375 e. The first-order valence-corrected chi connectivity index (χ1v) is 4.82. The van der Waals surface area contributed by atoms with E-state index in [0.717, 1.165) is 19.6 Å². The Morgan fingerprint density at radius 1 is 1.62 bits per heavy atom. The maximum Gasteiger partial charge on any atom is 0.242 e. The molecule has 0 aromatic carbocycles. The van der Waals surface area contributed by atoms with Gasteiger partial charge in [0.1, 0.15) is 6.04 Å². The molecule has 2 aliphatic heterocycles. The van der Waals surface area contributed by atoms with Gasteiger partial charge in [-0.3, -0.25) is 4.79 Å². The van der Waals surface area contributed by atoms with Crippen LogP contribution in [0.25, 0.3) is 0 Å². The van der Waals surface area contributed by atoms with Crippen LogP contribution >= 0.6 is 0 Å². The van der Waals surface area contributed by atoms with E-state index in [1.165, 1.54) is 0 Å². The highest BCUT2D eigenvalue weighted by Gasteiger charge is 2.40. The zero-order chi connectivity index (χ0) is 9.42. The summed E-state index contributed by atoms with van der Waals surface area (Å²) in [5.41, 5.74) is 0. The molecule has 4 heteroatoms. The summed E-state index contributed by atoms with van der Waals surface area (Å²) in [6.07, 6.45) is 1.03. The molecule has 0 spiro atoms. The van der Waals surface area contributed by atoms with E-state index in [-0.39, 0.29) is 18.1 Å². The average Bonchev–Trinajstić information content (AvgIpc) is 2.15. The van der Waals surface area contributed by atoms with Crippen LogP contribution in [0.3, 0.4) is 0 Å². The highest BCUT2D eigenvalue weighted by Crippen LogP contribution is 2.21. The summed E-state index contributed by atoms with van der Waals surface area (Å²) in [5, 5.41) is 3.21. The van der Waals surface area contributed by atoms with Gasteiger partial charge in [-0.05, 0) is 13.3 Å². The molecule has 2 fully saturated rings. The SMILES string of the molecule is CC1CC2OCCNC2C(=O)N1C. The number of carbonyl (C=O) groups is 1. The number of fused-ring (bicyclic) bond motifs is 1. The maximum absolute atomic E-state index is 11.8. The first-order valence-electron chi connectivity index (χ1n) is 4.82. The second kappa shape index (κ2) is 3.27. The van der Waals surface area contributed by atoms with E-state index in [0.29, 0.717) is 6.04 Å². The third-order valence-electron chi connectivity index (χ3n) is 3.02. The van der Waals surface area contributed by atoms with Gasteiger partial charge in [0, 0.05) is 19.6 Å². The molecular formula is C9H16N2O2. The molecule has 4 nitrogen and oxygen atoms in total. The largest absolute Gasteiger partial charge is 0.375 e. The normalized spacial score (nSPS) is 40.3. The molecule has 74 valence electrons. The predicted molar refractivity (Wildman–Crippen MR) is 48.4 cm³/mol. The number of carbonyl (C=O) groups excluding carboxylic acids is 1. The number of nitrogens with one attached hydrogen (secondary N) is 1. The Hall–Kier alpha value is -0.610. The highest BCUT2D eigenvalue weighted by molar-refractivity contribution is 5.83. The van der Waals surface area contributed by atoms with Crippen molar-refractivity contribution >= 4 is 5.91 Å². The zero-order valence-corrected chi connectivity index (χ0v) is 8.12. The highest BCUT2D eigenvalue weighted by atomic mass is 16.5. The van der Waals surface area contributed by atoms with E-state index < -0.39 is 0 Å².